The number of nitrogens with zero attached hydrogens (tertiary/aromatic N) is 3. The summed E-state index contributed by atoms with van der Waals surface area (Å²) in [6.07, 6.45) is 3.28. The number of likely N-dealkylation sites (tertiary alicyclic amines) is 1. The highest BCUT2D eigenvalue weighted by Gasteiger charge is 2.40. The van der Waals surface area contributed by atoms with Crippen LogP contribution < -0.4 is 5.11 Å². The number of hydrogen-bond donors (Lipinski definition) is 0. The number of hydrogen-bond acceptors (Lipinski definition) is 3. The Morgan fingerprint density at radius 1 is 1.13 bits per heavy atom. The topological polar surface area (TPSA) is 51.5 Å². The van der Waals surface area contributed by atoms with Crippen LogP contribution in [0.25, 0.3) is 10.9 Å². The first-order valence-electron chi connectivity index (χ1n) is 10.8. The summed E-state index contributed by atoms with van der Waals surface area (Å²) in [5.41, 5.74) is 5.17. The normalized spacial score (nSPS) is 23.3. The maximum atomic E-state index is 11.9. The Morgan fingerprint density at radius 3 is 2.70 bits per heavy atom. The first kappa shape index (κ1) is 19.2. The van der Waals surface area contributed by atoms with E-state index in [1.807, 2.05) is 30.3 Å². The molecule has 2 aliphatic rings. The number of piperidine rings is 1. The number of aromatic nitrogens is 1. The summed E-state index contributed by atoms with van der Waals surface area (Å²) in [7, 11) is 4.32. The fraction of sp³-hybridized carbons (Fsp3) is 0.400. The van der Waals surface area contributed by atoms with Crippen LogP contribution in [0.5, 0.6) is 0 Å². The molecule has 2 heterocycles. The molecular weight excluding hydrogens is 374 g/mol. The predicted molar refractivity (Wildman–Crippen MR) is 116 cm³/mol. The van der Waals surface area contributed by atoms with E-state index in [-0.39, 0.29) is 0 Å². The molecule has 5 heteroatoms. The van der Waals surface area contributed by atoms with Crippen LogP contribution in [0.15, 0.2) is 54.7 Å². The number of likely N-dealkylation sites (N-methyl/N-ethyl adjacent to an activating group) is 1. The molecule has 0 saturated carbocycles. The molecule has 30 heavy (non-hydrogen) atoms. The van der Waals surface area contributed by atoms with Gasteiger partial charge in [0.15, 0.2) is 0 Å². The van der Waals surface area contributed by atoms with Crippen molar-refractivity contribution >= 4 is 17.0 Å². The smallest absolute Gasteiger partial charge is 0.137 e. The van der Waals surface area contributed by atoms with Gasteiger partial charge in [0, 0.05) is 55.7 Å². The van der Waals surface area contributed by atoms with Crippen molar-refractivity contribution in [1.29, 1.82) is 0 Å². The summed E-state index contributed by atoms with van der Waals surface area (Å²) in [6.45, 7) is 1.82. The second-order valence-corrected chi connectivity index (χ2v) is 9.06. The minimum Gasteiger partial charge on any atom is -0.530 e. The minimum absolute atomic E-state index is 0.290. The van der Waals surface area contributed by atoms with Crippen LogP contribution in [0.1, 0.15) is 29.0 Å². The lowest BCUT2D eigenvalue weighted by molar-refractivity contribution is -0.267. The van der Waals surface area contributed by atoms with E-state index < -0.39 is 6.09 Å². The van der Waals surface area contributed by atoms with Crippen LogP contribution in [-0.2, 0) is 20.0 Å². The van der Waals surface area contributed by atoms with Gasteiger partial charge >= 0.3 is 0 Å². The molecule has 5 nitrogen and oxygen atoms in total. The first-order valence-corrected chi connectivity index (χ1v) is 10.8. The van der Waals surface area contributed by atoms with E-state index in [1.54, 1.807) is 0 Å². The maximum absolute atomic E-state index is 11.9. The minimum atomic E-state index is -1.08. The van der Waals surface area contributed by atoms with Gasteiger partial charge in [0.1, 0.15) is 6.09 Å². The lowest BCUT2D eigenvalue weighted by Crippen LogP contribution is -2.51. The number of fused-ring (bicyclic) bond motifs is 2. The quantitative estimate of drug-likeness (QED) is 0.674. The molecule has 156 valence electrons. The SMILES string of the molecule is CN1CC(CN(Cc2ccccc2)C(=O)[O-])C[C@@H]2c3cccc4c3c(cn4C)C[C@H]21. The van der Waals surface area contributed by atoms with Crippen LogP contribution in [0.2, 0.25) is 0 Å². The summed E-state index contributed by atoms with van der Waals surface area (Å²) >= 11 is 0. The van der Waals surface area contributed by atoms with E-state index in [0.717, 1.165) is 24.9 Å². The zero-order chi connectivity index (χ0) is 20.8. The third kappa shape index (κ3) is 3.27. The molecule has 3 atom stereocenters. The van der Waals surface area contributed by atoms with Gasteiger partial charge in [0.05, 0.1) is 0 Å². The molecule has 1 saturated heterocycles. The van der Waals surface area contributed by atoms with E-state index in [4.69, 9.17) is 0 Å². The molecule has 1 aromatic heterocycles. The zero-order valence-corrected chi connectivity index (χ0v) is 17.6. The van der Waals surface area contributed by atoms with Crippen LogP contribution in [0, 0.1) is 5.92 Å². The zero-order valence-electron chi connectivity index (χ0n) is 17.6. The lowest BCUT2D eigenvalue weighted by Gasteiger charge is -2.46. The van der Waals surface area contributed by atoms with Gasteiger partial charge in [0.2, 0.25) is 0 Å². The monoisotopic (exact) mass is 402 g/mol. The summed E-state index contributed by atoms with van der Waals surface area (Å²) in [6, 6.07) is 16.9. The van der Waals surface area contributed by atoms with Crippen LogP contribution in [0.3, 0.4) is 0 Å². The Bertz CT molecular complexity index is 1070. The average Bonchev–Trinajstić information content (AvgIpc) is 3.06. The van der Waals surface area contributed by atoms with Crippen LogP contribution in [-0.4, -0.2) is 46.6 Å². The van der Waals surface area contributed by atoms with E-state index in [1.165, 1.54) is 26.9 Å². The van der Waals surface area contributed by atoms with Gasteiger partial charge in [-0.2, -0.15) is 0 Å². The molecule has 0 N–H and O–H groups in total. The summed E-state index contributed by atoms with van der Waals surface area (Å²) in [5, 5.41) is 13.3. The molecule has 0 bridgehead atoms. The van der Waals surface area contributed by atoms with E-state index in [9.17, 15) is 9.90 Å². The summed E-state index contributed by atoms with van der Waals surface area (Å²) < 4.78 is 2.24. The lowest BCUT2D eigenvalue weighted by atomic mass is 9.72. The number of carboxylic acid groups (broad SMARTS) is 1. The van der Waals surface area contributed by atoms with Gasteiger partial charge in [-0.3, -0.25) is 0 Å². The molecule has 1 fully saturated rings. The summed E-state index contributed by atoms with van der Waals surface area (Å²) in [5.74, 6) is 0.728. The molecule has 2 aromatic carbocycles. The van der Waals surface area contributed by atoms with Crippen molar-refractivity contribution < 1.29 is 9.90 Å². The molecule has 1 aliphatic heterocycles. The van der Waals surface area contributed by atoms with Gasteiger partial charge in [-0.15, -0.1) is 0 Å². The summed E-state index contributed by atoms with van der Waals surface area (Å²) in [4.78, 5) is 15.8. The van der Waals surface area contributed by atoms with Gasteiger partial charge in [0.25, 0.3) is 0 Å². The predicted octanol–water partition coefficient (Wildman–Crippen LogP) is 2.98. The third-order valence-corrected chi connectivity index (χ3v) is 7.07. The van der Waals surface area contributed by atoms with Gasteiger partial charge < -0.3 is 24.3 Å². The molecule has 0 spiro atoms. The molecule has 1 unspecified atom stereocenters. The average molecular weight is 403 g/mol. The molecule has 1 amide bonds. The van der Waals surface area contributed by atoms with Gasteiger partial charge in [-0.25, -0.2) is 0 Å². The largest absolute Gasteiger partial charge is 0.530 e. The number of benzene rings is 2. The Morgan fingerprint density at radius 2 is 1.93 bits per heavy atom. The van der Waals surface area contributed by atoms with Gasteiger partial charge in [-0.05, 0) is 48.6 Å². The number of amides is 1. The van der Waals surface area contributed by atoms with E-state index >= 15 is 0 Å². The van der Waals surface area contributed by atoms with Crippen molar-refractivity contribution in [3.8, 4) is 0 Å². The first-order chi connectivity index (χ1) is 14.5. The number of aryl methyl sites for hydroxylation is 1. The van der Waals surface area contributed by atoms with Crippen molar-refractivity contribution in [2.24, 2.45) is 13.0 Å². The molecular formula is C25H28N3O2-. The Balaban J connectivity index is 1.40. The highest BCUT2D eigenvalue weighted by atomic mass is 16.4. The third-order valence-electron chi connectivity index (χ3n) is 7.07. The Labute approximate surface area is 177 Å². The molecule has 0 radical (unpaired) electrons. The second kappa shape index (κ2) is 7.47. The van der Waals surface area contributed by atoms with Crippen molar-refractivity contribution in [3.05, 3.63) is 71.4 Å². The highest BCUT2D eigenvalue weighted by Crippen LogP contribution is 2.44. The second-order valence-electron chi connectivity index (χ2n) is 9.06. The molecule has 1 aliphatic carbocycles. The van der Waals surface area contributed by atoms with Gasteiger partial charge in [-0.1, -0.05) is 42.5 Å². The van der Waals surface area contributed by atoms with Crippen molar-refractivity contribution in [1.82, 2.24) is 14.4 Å². The van der Waals surface area contributed by atoms with Crippen molar-refractivity contribution in [2.75, 3.05) is 20.1 Å². The Hall–Kier alpha value is -2.79. The van der Waals surface area contributed by atoms with Crippen LogP contribution in [0.4, 0.5) is 4.79 Å². The fourth-order valence-corrected chi connectivity index (χ4v) is 5.78. The van der Waals surface area contributed by atoms with Crippen molar-refractivity contribution in [2.45, 2.75) is 31.3 Å². The van der Waals surface area contributed by atoms with E-state index in [2.05, 4.69) is 48.0 Å². The number of carbonyl (C=O) groups is 1. The molecule has 3 aromatic rings. The maximum Gasteiger partial charge on any atom is 0.137 e. The number of rotatable bonds is 4. The number of carbonyl (C=O) groups excluding carboxylic acids is 1. The molecule has 5 rings (SSSR count). The standard InChI is InChI=1S/C25H29N3O2/c1-26-13-18(15-28(25(29)30)14-17-7-4-3-5-8-17)11-21-20-9-6-10-22-24(20)19(12-23(21)26)16-27(22)2/h3-10,16,18,21,23H,11-15H2,1-2H3,(H,29,30)/p-1/t18?,21-,23-/m1/s1. The van der Waals surface area contributed by atoms with Crippen molar-refractivity contribution in [3.63, 3.8) is 0 Å². The van der Waals surface area contributed by atoms with Crippen LogP contribution >= 0.6 is 0 Å². The Kier molecular flexibility index (Phi) is 4.78. The van der Waals surface area contributed by atoms with E-state index in [0.29, 0.717) is 31.0 Å². The fourth-order valence-electron chi connectivity index (χ4n) is 5.78. The highest BCUT2D eigenvalue weighted by molar-refractivity contribution is 5.89.